The van der Waals surface area contributed by atoms with Crippen LogP contribution in [0.25, 0.3) is 0 Å². The fourth-order valence-electron chi connectivity index (χ4n) is 2.98. The second-order valence-electron chi connectivity index (χ2n) is 6.07. The summed E-state index contributed by atoms with van der Waals surface area (Å²) in [5.74, 6) is 0.535. The third-order valence-electron chi connectivity index (χ3n) is 4.28. The average Bonchev–Trinajstić information content (AvgIpc) is 2.63. The number of thiol groups is 1. The number of nitriles is 1. The quantitative estimate of drug-likeness (QED) is 0.592. The van der Waals surface area contributed by atoms with Crippen LogP contribution in [0, 0.1) is 11.3 Å². The lowest BCUT2D eigenvalue weighted by atomic mass is 10.1. The molecule has 0 aliphatic carbocycles. The molecule has 1 fully saturated rings. The number of halogens is 2. The summed E-state index contributed by atoms with van der Waals surface area (Å²) in [4.78, 5) is 10.4. The van der Waals surface area contributed by atoms with E-state index in [-0.39, 0.29) is 22.0 Å². The number of aromatic nitrogens is 2. The van der Waals surface area contributed by atoms with Gasteiger partial charge in [-0.05, 0) is 36.2 Å². The monoisotopic (exact) mass is 426 g/mol. The molecule has 1 aromatic carbocycles. The van der Waals surface area contributed by atoms with E-state index in [0.717, 1.165) is 0 Å². The predicted molar refractivity (Wildman–Crippen MR) is 103 cm³/mol. The molecule has 27 heavy (non-hydrogen) atoms. The first-order valence-corrected chi connectivity index (χ1v) is 10.1. The van der Waals surface area contributed by atoms with Crippen molar-refractivity contribution in [1.82, 2.24) is 9.97 Å². The summed E-state index contributed by atoms with van der Waals surface area (Å²) in [5, 5.41) is 8.00. The molecule has 0 N–H and O–H groups in total. The van der Waals surface area contributed by atoms with E-state index in [9.17, 15) is 8.42 Å². The van der Waals surface area contributed by atoms with Gasteiger partial charge >= 0.3 is 0 Å². The van der Waals surface area contributed by atoms with Crippen molar-refractivity contribution in [2.45, 2.75) is 18.2 Å². The van der Waals surface area contributed by atoms with Crippen molar-refractivity contribution in [2.24, 2.45) is 0 Å². The molecule has 3 rings (SSSR count). The number of anilines is 1. The summed E-state index contributed by atoms with van der Waals surface area (Å²) in [5.41, 5.74) is 0.904. The summed E-state index contributed by atoms with van der Waals surface area (Å²) < 4.78 is 29.5. The molecule has 1 aliphatic rings. The van der Waals surface area contributed by atoms with E-state index < -0.39 is 16.0 Å². The molecule has 1 saturated heterocycles. The van der Waals surface area contributed by atoms with Gasteiger partial charge in [0.2, 0.25) is 5.28 Å². The van der Waals surface area contributed by atoms with Crippen molar-refractivity contribution < 1.29 is 13.2 Å². The molecule has 0 saturated carbocycles. The first-order chi connectivity index (χ1) is 12.9. The van der Waals surface area contributed by atoms with Crippen molar-refractivity contribution in [3.05, 3.63) is 51.4 Å². The lowest BCUT2D eigenvalue weighted by molar-refractivity contribution is 0.0985. The zero-order valence-electron chi connectivity index (χ0n) is 14.3. The Labute approximate surface area is 168 Å². The molecule has 0 spiro atoms. The summed E-state index contributed by atoms with van der Waals surface area (Å²) in [6, 6.07) is 8.10. The van der Waals surface area contributed by atoms with Gasteiger partial charge in [0.05, 0.1) is 36.6 Å². The smallest absolute Gasteiger partial charge is 0.224 e. The molecule has 1 unspecified atom stereocenters. The maximum absolute atomic E-state index is 12.0. The summed E-state index contributed by atoms with van der Waals surface area (Å²) in [6.07, 6.45) is 0. The Morgan fingerprint density at radius 2 is 2.11 bits per heavy atom. The second kappa shape index (κ2) is 8.40. The van der Waals surface area contributed by atoms with Gasteiger partial charge in [-0.2, -0.15) is 5.26 Å². The number of benzene rings is 1. The highest BCUT2D eigenvalue weighted by atomic mass is 35.5. The topological polar surface area (TPSA) is 96.2 Å². The highest BCUT2D eigenvalue weighted by molar-refractivity contribution is 7.73. The minimum absolute atomic E-state index is 0.0483. The standard InChI is InChI=1S/C17H16Cl2N4O3S/c1-10-9-26-5-4-23(10)15-7-14(21-17(19)22-15)16(27(24)25)12-3-2-11(8-20)6-13(12)18/h2-3,6-7,10,16,27H,4-5,9H2,1H3/t10-,16?/m0/s1. The van der Waals surface area contributed by atoms with Crippen LogP contribution in [0.3, 0.4) is 0 Å². The molecule has 2 aromatic rings. The summed E-state index contributed by atoms with van der Waals surface area (Å²) >= 11 is 12.3. The van der Waals surface area contributed by atoms with Gasteiger partial charge in [0.1, 0.15) is 11.1 Å². The molecule has 1 aliphatic heterocycles. The van der Waals surface area contributed by atoms with Gasteiger partial charge in [0.25, 0.3) is 0 Å². The van der Waals surface area contributed by atoms with E-state index in [0.29, 0.717) is 36.7 Å². The molecule has 0 bridgehead atoms. The Morgan fingerprint density at radius 1 is 1.33 bits per heavy atom. The van der Waals surface area contributed by atoms with E-state index in [1.165, 1.54) is 18.2 Å². The molecular weight excluding hydrogens is 411 g/mol. The fraction of sp³-hybridized carbons (Fsp3) is 0.353. The van der Waals surface area contributed by atoms with Crippen LogP contribution in [0.5, 0.6) is 0 Å². The van der Waals surface area contributed by atoms with E-state index in [1.807, 2.05) is 17.9 Å². The van der Waals surface area contributed by atoms with Crippen LogP contribution in [0.4, 0.5) is 5.82 Å². The second-order valence-corrected chi connectivity index (χ2v) is 7.91. The maximum Gasteiger partial charge on any atom is 0.224 e. The molecule has 0 amide bonds. The Bertz CT molecular complexity index is 969. The van der Waals surface area contributed by atoms with E-state index in [1.54, 1.807) is 6.07 Å². The van der Waals surface area contributed by atoms with E-state index in [4.69, 9.17) is 33.2 Å². The molecule has 7 nitrogen and oxygen atoms in total. The first kappa shape index (κ1) is 19.8. The zero-order chi connectivity index (χ0) is 19.6. The van der Waals surface area contributed by atoms with Gasteiger partial charge in [0, 0.05) is 17.6 Å². The number of hydrogen-bond donors (Lipinski definition) is 1. The van der Waals surface area contributed by atoms with Crippen molar-refractivity contribution >= 4 is 39.7 Å². The number of ether oxygens (including phenoxy) is 1. The lowest BCUT2D eigenvalue weighted by Crippen LogP contribution is -2.44. The highest BCUT2D eigenvalue weighted by Gasteiger charge is 2.26. The molecule has 2 atom stereocenters. The van der Waals surface area contributed by atoms with Crippen LogP contribution in [0.1, 0.15) is 29.0 Å². The van der Waals surface area contributed by atoms with E-state index >= 15 is 0 Å². The van der Waals surface area contributed by atoms with Crippen LogP contribution in [0.15, 0.2) is 24.3 Å². The predicted octanol–water partition coefficient (Wildman–Crippen LogP) is 2.58. The van der Waals surface area contributed by atoms with Crippen LogP contribution in [-0.2, 0) is 15.4 Å². The Morgan fingerprint density at radius 3 is 2.74 bits per heavy atom. The van der Waals surface area contributed by atoms with Crippen molar-refractivity contribution in [1.29, 1.82) is 5.26 Å². The number of hydrogen-bond acceptors (Lipinski definition) is 7. The number of nitrogens with zero attached hydrogens (tertiary/aromatic N) is 4. The Balaban J connectivity index is 2.08. The van der Waals surface area contributed by atoms with Gasteiger partial charge in [0.15, 0.2) is 10.7 Å². The summed E-state index contributed by atoms with van der Waals surface area (Å²) in [6.45, 7) is 3.68. The Hall–Kier alpha value is -1.92. The van der Waals surface area contributed by atoms with Gasteiger partial charge in [-0.1, -0.05) is 17.7 Å². The van der Waals surface area contributed by atoms with Crippen LogP contribution in [0.2, 0.25) is 10.3 Å². The van der Waals surface area contributed by atoms with Gasteiger partial charge in [-0.25, -0.2) is 18.4 Å². The fourth-order valence-corrected chi connectivity index (χ4v) is 4.33. The normalized spacial score (nSPS) is 18.3. The zero-order valence-corrected chi connectivity index (χ0v) is 16.7. The SMILES string of the molecule is C[C@H]1COCCN1c1cc(C(c2ccc(C#N)cc2Cl)[SH](=O)=O)nc(Cl)n1. The molecule has 10 heteroatoms. The minimum Gasteiger partial charge on any atom is -0.377 e. The van der Waals surface area contributed by atoms with E-state index in [2.05, 4.69) is 9.97 Å². The van der Waals surface area contributed by atoms with Gasteiger partial charge in [-0.3, -0.25) is 0 Å². The maximum atomic E-state index is 12.0. The third kappa shape index (κ3) is 4.33. The van der Waals surface area contributed by atoms with Crippen LogP contribution < -0.4 is 4.90 Å². The first-order valence-electron chi connectivity index (χ1n) is 8.12. The molecule has 142 valence electrons. The third-order valence-corrected chi connectivity index (χ3v) is 5.74. The van der Waals surface area contributed by atoms with Crippen LogP contribution in [-0.4, -0.2) is 44.2 Å². The summed E-state index contributed by atoms with van der Waals surface area (Å²) in [7, 11) is -2.96. The Kier molecular flexibility index (Phi) is 6.17. The minimum atomic E-state index is -2.96. The van der Waals surface area contributed by atoms with Crippen molar-refractivity contribution in [3.63, 3.8) is 0 Å². The lowest BCUT2D eigenvalue weighted by Gasteiger charge is -2.34. The molecule has 0 radical (unpaired) electrons. The number of morpholine rings is 1. The van der Waals surface area contributed by atoms with Crippen LogP contribution >= 0.6 is 23.2 Å². The average molecular weight is 427 g/mol. The molecular formula is C17H16Cl2N4O3S. The van der Waals surface area contributed by atoms with Crippen molar-refractivity contribution in [3.8, 4) is 6.07 Å². The van der Waals surface area contributed by atoms with Crippen molar-refractivity contribution in [2.75, 3.05) is 24.7 Å². The molecule has 1 aromatic heterocycles. The molecule has 2 heterocycles. The highest BCUT2D eigenvalue weighted by Crippen LogP contribution is 2.33. The number of rotatable bonds is 4. The van der Waals surface area contributed by atoms with Gasteiger partial charge in [-0.15, -0.1) is 0 Å². The largest absolute Gasteiger partial charge is 0.377 e. The van der Waals surface area contributed by atoms with Gasteiger partial charge < -0.3 is 9.64 Å².